The molecule has 55 heavy (non-hydrogen) atoms. The van der Waals surface area contributed by atoms with Crippen LogP contribution in [0.3, 0.4) is 0 Å². The maximum absolute atomic E-state index is 17.4. The Labute approximate surface area is 323 Å². The van der Waals surface area contributed by atoms with Crippen LogP contribution in [0.5, 0.6) is 17.6 Å². The van der Waals surface area contributed by atoms with Crippen LogP contribution in [-0.4, -0.2) is 88.8 Å². The minimum atomic E-state index is -2.32. The van der Waals surface area contributed by atoms with Gasteiger partial charge in [-0.15, -0.1) is 5.54 Å². The van der Waals surface area contributed by atoms with Gasteiger partial charge >= 0.3 is 6.01 Å². The number of aromatic nitrogens is 3. The zero-order valence-electron chi connectivity index (χ0n) is 33.2. The summed E-state index contributed by atoms with van der Waals surface area (Å²) in [6.45, 7) is 18.1. The topological polar surface area (TPSA) is 113 Å². The maximum Gasteiger partial charge on any atom is 0.319 e. The minimum Gasteiger partial charge on any atom is -0.508 e. The molecule has 2 atom stereocenters. The van der Waals surface area contributed by atoms with Gasteiger partial charge in [0, 0.05) is 37.1 Å². The van der Waals surface area contributed by atoms with Gasteiger partial charge in [-0.25, -0.2) is 18.2 Å². The average molecular weight is 778 g/mol. The number of pyridine rings is 1. The van der Waals surface area contributed by atoms with Crippen LogP contribution in [0.25, 0.3) is 32.9 Å². The first-order valence-corrected chi connectivity index (χ1v) is 21.8. The first-order chi connectivity index (χ1) is 26.1. The third-order valence-corrected chi connectivity index (χ3v) is 17.8. The molecule has 3 N–H and O–H groups in total. The Bertz CT molecular complexity index is 2100. The van der Waals surface area contributed by atoms with E-state index in [9.17, 15) is 14.6 Å². The van der Waals surface area contributed by atoms with Crippen molar-refractivity contribution in [3.05, 3.63) is 41.5 Å². The van der Waals surface area contributed by atoms with Gasteiger partial charge < -0.3 is 25.0 Å². The zero-order chi connectivity index (χ0) is 39.8. The fourth-order valence-electron chi connectivity index (χ4n) is 9.07. The molecule has 4 aromatic rings. The molecule has 6 rings (SSSR count). The molecule has 2 saturated heterocycles. The van der Waals surface area contributed by atoms with Crippen molar-refractivity contribution in [2.24, 2.45) is 0 Å². The largest absolute Gasteiger partial charge is 0.508 e. The monoisotopic (exact) mass is 777 g/mol. The number of ether oxygens (including phenoxy) is 2. The van der Waals surface area contributed by atoms with Gasteiger partial charge in [-0.3, -0.25) is 4.90 Å². The molecule has 2 aromatic carbocycles. The fourth-order valence-corrected chi connectivity index (χ4v) is 14.3. The summed E-state index contributed by atoms with van der Waals surface area (Å²) in [5.41, 5.74) is 3.80. The number of anilines is 1. The van der Waals surface area contributed by atoms with Crippen molar-refractivity contribution in [2.45, 2.75) is 116 Å². The van der Waals surface area contributed by atoms with E-state index >= 15 is 8.78 Å². The van der Waals surface area contributed by atoms with Gasteiger partial charge in [0.05, 0.1) is 17.2 Å². The van der Waals surface area contributed by atoms with Crippen molar-refractivity contribution < 1.29 is 32.9 Å². The van der Waals surface area contributed by atoms with Gasteiger partial charge in [0.2, 0.25) is 5.88 Å². The van der Waals surface area contributed by atoms with Gasteiger partial charge in [-0.1, -0.05) is 53.5 Å². The first-order valence-electron chi connectivity index (χ1n) is 19.5. The zero-order valence-corrected chi connectivity index (χ0v) is 34.2. The Morgan fingerprint density at radius 1 is 1.02 bits per heavy atom. The molecule has 2 aliphatic rings. The number of rotatable bonds is 13. The lowest BCUT2D eigenvalue weighted by molar-refractivity contribution is 0.107. The minimum absolute atomic E-state index is 0.0162. The highest BCUT2D eigenvalue weighted by atomic mass is 28.3. The highest BCUT2D eigenvalue weighted by Gasteiger charge is 2.49. The number of fused-ring (bicyclic) bond motifs is 3. The molecule has 2 aliphatic heterocycles. The Balaban J connectivity index is 1.60. The lowest BCUT2D eigenvalue weighted by Crippen LogP contribution is -2.43. The summed E-state index contributed by atoms with van der Waals surface area (Å²) in [4.78, 5) is 16.0. The maximum atomic E-state index is 17.4. The van der Waals surface area contributed by atoms with E-state index in [4.69, 9.17) is 14.5 Å². The van der Waals surface area contributed by atoms with Crippen LogP contribution >= 0.6 is 0 Å². The summed E-state index contributed by atoms with van der Waals surface area (Å²) in [6, 6.07) is 5.60. The van der Waals surface area contributed by atoms with Gasteiger partial charge in [0.25, 0.3) is 0 Å². The first kappa shape index (κ1) is 40.5. The lowest BCUT2D eigenvalue weighted by Gasteiger charge is -2.38. The molecule has 0 spiro atoms. The molecule has 0 aliphatic carbocycles. The molecule has 4 heterocycles. The molecule has 2 fully saturated rings. The molecule has 0 radical (unpaired) electrons. The van der Waals surface area contributed by atoms with Gasteiger partial charge in [-0.05, 0) is 79.9 Å². The molecule has 9 nitrogen and oxygen atoms in total. The predicted molar refractivity (Wildman–Crippen MR) is 214 cm³/mol. The van der Waals surface area contributed by atoms with Crippen LogP contribution in [0, 0.1) is 23.1 Å². The SMILES string of the molecule is CC(C)Oc1nc(-c2cc(O)cc3ccc(F)c(C#C[Si](C(C)C)(C(C)C)C(C)C)c23)c(F)c2nc(OC[C@@]34CCCN3C[C@H](F)C4)nc(NCCCO)c12. The second-order valence-electron chi connectivity index (χ2n) is 16.4. The number of hydrogen-bond acceptors (Lipinski definition) is 9. The molecule has 0 unspecified atom stereocenters. The predicted octanol–water partition coefficient (Wildman–Crippen LogP) is 8.94. The Kier molecular flexibility index (Phi) is 11.9. The van der Waals surface area contributed by atoms with E-state index in [1.54, 1.807) is 13.8 Å². The van der Waals surface area contributed by atoms with Crippen LogP contribution in [0.4, 0.5) is 19.0 Å². The third-order valence-electron chi connectivity index (χ3n) is 11.5. The van der Waals surface area contributed by atoms with E-state index in [1.807, 2.05) is 0 Å². The van der Waals surface area contributed by atoms with Gasteiger partial charge in [0.15, 0.2) is 5.82 Å². The van der Waals surface area contributed by atoms with Crippen molar-refractivity contribution >= 4 is 35.6 Å². The van der Waals surface area contributed by atoms with Crippen molar-refractivity contribution in [1.29, 1.82) is 0 Å². The molecule has 0 bridgehead atoms. The van der Waals surface area contributed by atoms with Crippen molar-refractivity contribution in [3.63, 3.8) is 0 Å². The number of aliphatic hydroxyl groups excluding tert-OH is 1. The second-order valence-corrected chi connectivity index (χ2v) is 21.9. The normalized spacial score (nSPS) is 18.9. The average Bonchev–Trinajstić information content (AvgIpc) is 3.64. The quantitative estimate of drug-likeness (QED) is 0.0696. The number of phenolic OH excluding ortho intramolecular Hbond substituents is 1. The number of nitrogens with zero attached hydrogens (tertiary/aromatic N) is 4. The Hall–Kier alpha value is -4.12. The molecule has 13 heteroatoms. The Morgan fingerprint density at radius 2 is 1.75 bits per heavy atom. The molecular weight excluding hydrogens is 724 g/mol. The van der Waals surface area contributed by atoms with Crippen molar-refractivity contribution in [3.8, 4) is 40.4 Å². The molecule has 2 aromatic heterocycles. The fraction of sp³-hybridized carbons (Fsp3) is 0.548. The molecule has 0 saturated carbocycles. The summed E-state index contributed by atoms with van der Waals surface area (Å²) >= 11 is 0. The second kappa shape index (κ2) is 16.2. The van der Waals surface area contributed by atoms with E-state index in [1.165, 1.54) is 24.3 Å². The van der Waals surface area contributed by atoms with E-state index in [2.05, 4.69) is 73.2 Å². The van der Waals surface area contributed by atoms with Crippen molar-refractivity contribution in [2.75, 3.05) is 38.2 Å². The lowest BCUT2D eigenvalue weighted by atomic mass is 9.95. The number of halogens is 3. The summed E-state index contributed by atoms with van der Waals surface area (Å²) in [7, 11) is -2.32. The summed E-state index contributed by atoms with van der Waals surface area (Å²) in [6.07, 6.45) is 1.03. The molecular formula is C42H54F3N5O4Si. The third kappa shape index (κ3) is 7.70. The summed E-state index contributed by atoms with van der Waals surface area (Å²) in [5.74, 6) is 1.86. The van der Waals surface area contributed by atoms with Crippen LogP contribution in [0.15, 0.2) is 24.3 Å². The standard InChI is InChI=1S/C42H54F3N5O4Si/c1-24(2)54-40-35-38(48-41(49-39(35)46-15-10-17-51)53-23-42-14-9-16-50(42)22-29(43)21-42)36(45)37(47-40)32-20-30(52)19-28-11-12-33(44)31(34(28)32)13-18-55(25(3)4,26(5)6)27(7)8/h11-12,19-20,24-27,29,51-52H,9-10,14-17,21-23H2,1-8H3,(H,46,48,49)/t29-,42+/m1/s1. The molecule has 0 amide bonds. The van der Waals surface area contributed by atoms with E-state index < -0.39 is 37.5 Å². The number of benzene rings is 2. The smallest absolute Gasteiger partial charge is 0.319 e. The van der Waals surface area contributed by atoms with Crippen LogP contribution in [0.1, 0.15) is 86.6 Å². The van der Waals surface area contributed by atoms with Gasteiger partial charge in [-0.2, -0.15) is 9.97 Å². The number of nitrogens with one attached hydrogen (secondary N) is 1. The van der Waals surface area contributed by atoms with Crippen molar-refractivity contribution in [1.82, 2.24) is 19.9 Å². The summed E-state index contributed by atoms with van der Waals surface area (Å²) < 4.78 is 60.5. The number of hydrogen-bond donors (Lipinski definition) is 3. The van der Waals surface area contributed by atoms with E-state index in [0.717, 1.165) is 19.4 Å². The van der Waals surface area contributed by atoms with Crippen LogP contribution < -0.4 is 14.8 Å². The number of phenols is 1. The number of aliphatic hydroxyl groups is 1. The number of aromatic hydroxyl groups is 1. The van der Waals surface area contributed by atoms with E-state index in [-0.39, 0.29) is 81.0 Å². The van der Waals surface area contributed by atoms with Crippen LogP contribution in [-0.2, 0) is 0 Å². The highest BCUT2D eigenvalue weighted by Crippen LogP contribution is 2.44. The molecule has 296 valence electrons. The van der Waals surface area contributed by atoms with Crippen LogP contribution in [0.2, 0.25) is 16.6 Å². The number of alkyl halides is 1. The Morgan fingerprint density at radius 3 is 2.42 bits per heavy atom. The highest BCUT2D eigenvalue weighted by molar-refractivity contribution is 6.90. The van der Waals surface area contributed by atoms with Gasteiger partial charge in [0.1, 0.15) is 54.8 Å². The summed E-state index contributed by atoms with van der Waals surface area (Å²) in [5, 5.41) is 24.6. The van der Waals surface area contributed by atoms with E-state index in [0.29, 0.717) is 36.7 Å².